The summed E-state index contributed by atoms with van der Waals surface area (Å²) in [5.74, 6) is 0.934. The number of hydrogen-bond donors (Lipinski definition) is 1. The van der Waals surface area contributed by atoms with Crippen LogP contribution in [-0.4, -0.2) is 17.0 Å². The van der Waals surface area contributed by atoms with Gasteiger partial charge in [-0.2, -0.15) is 0 Å². The maximum atomic E-state index is 10.9. The van der Waals surface area contributed by atoms with E-state index in [4.69, 9.17) is 4.74 Å². The first-order valence-electron chi connectivity index (χ1n) is 6.23. The van der Waals surface area contributed by atoms with Gasteiger partial charge in [0.05, 0.1) is 9.40 Å². The SMILES string of the molecule is CNCc1cccc(Oc2ncc([N+](=O)[O-])c(C)c2Br)c1. The van der Waals surface area contributed by atoms with Crippen molar-refractivity contribution >= 4 is 21.6 Å². The Bertz CT molecular complexity index is 677. The molecule has 0 aliphatic heterocycles. The van der Waals surface area contributed by atoms with E-state index in [9.17, 15) is 10.1 Å². The van der Waals surface area contributed by atoms with E-state index in [0.717, 1.165) is 12.1 Å². The lowest BCUT2D eigenvalue weighted by Gasteiger charge is -2.09. The second-order valence-electron chi connectivity index (χ2n) is 4.42. The molecule has 110 valence electrons. The first kappa shape index (κ1) is 15.4. The molecule has 6 nitrogen and oxygen atoms in total. The fourth-order valence-electron chi connectivity index (χ4n) is 1.84. The van der Waals surface area contributed by atoms with Crippen LogP contribution in [0.3, 0.4) is 0 Å². The van der Waals surface area contributed by atoms with E-state index >= 15 is 0 Å². The van der Waals surface area contributed by atoms with E-state index in [0.29, 0.717) is 21.7 Å². The highest BCUT2D eigenvalue weighted by molar-refractivity contribution is 9.10. The summed E-state index contributed by atoms with van der Waals surface area (Å²) in [7, 11) is 1.87. The van der Waals surface area contributed by atoms with Gasteiger partial charge in [-0.3, -0.25) is 10.1 Å². The molecule has 0 saturated heterocycles. The maximum absolute atomic E-state index is 10.9. The van der Waals surface area contributed by atoms with Crippen molar-refractivity contribution in [1.82, 2.24) is 10.3 Å². The number of hydrogen-bond acceptors (Lipinski definition) is 5. The largest absolute Gasteiger partial charge is 0.438 e. The number of aromatic nitrogens is 1. The minimum absolute atomic E-state index is 0.0434. The van der Waals surface area contributed by atoms with Crippen LogP contribution in [0.1, 0.15) is 11.1 Å². The molecule has 0 aliphatic carbocycles. The Morgan fingerprint density at radius 1 is 1.48 bits per heavy atom. The van der Waals surface area contributed by atoms with Gasteiger partial charge in [0.1, 0.15) is 11.9 Å². The van der Waals surface area contributed by atoms with Crippen LogP contribution < -0.4 is 10.1 Å². The van der Waals surface area contributed by atoms with Crippen LogP contribution in [0.15, 0.2) is 34.9 Å². The number of ether oxygens (including phenoxy) is 1. The predicted molar refractivity (Wildman–Crippen MR) is 82.6 cm³/mol. The maximum Gasteiger partial charge on any atom is 0.291 e. The molecule has 1 heterocycles. The average molecular weight is 352 g/mol. The van der Waals surface area contributed by atoms with E-state index in [1.807, 2.05) is 31.3 Å². The van der Waals surface area contributed by atoms with Crippen LogP contribution >= 0.6 is 15.9 Å². The van der Waals surface area contributed by atoms with Gasteiger partial charge in [-0.15, -0.1) is 0 Å². The second-order valence-corrected chi connectivity index (χ2v) is 5.22. The third-order valence-corrected chi connectivity index (χ3v) is 3.83. The molecule has 2 aromatic rings. The highest BCUT2D eigenvalue weighted by Gasteiger charge is 2.18. The lowest BCUT2D eigenvalue weighted by atomic mass is 10.2. The molecule has 1 N–H and O–H groups in total. The van der Waals surface area contributed by atoms with Crippen LogP contribution in [0, 0.1) is 17.0 Å². The molecule has 21 heavy (non-hydrogen) atoms. The zero-order valence-corrected chi connectivity index (χ0v) is 13.2. The summed E-state index contributed by atoms with van der Waals surface area (Å²) >= 11 is 3.30. The second kappa shape index (κ2) is 6.64. The van der Waals surface area contributed by atoms with Crippen molar-refractivity contribution in [2.24, 2.45) is 0 Å². The fourth-order valence-corrected chi connectivity index (χ4v) is 2.22. The molecule has 0 radical (unpaired) electrons. The van der Waals surface area contributed by atoms with Crippen molar-refractivity contribution < 1.29 is 9.66 Å². The van der Waals surface area contributed by atoms with Crippen LogP contribution in [0.2, 0.25) is 0 Å². The van der Waals surface area contributed by atoms with Gasteiger partial charge in [0.2, 0.25) is 5.88 Å². The normalized spacial score (nSPS) is 10.4. The van der Waals surface area contributed by atoms with Gasteiger partial charge >= 0.3 is 0 Å². The Labute approximate surface area is 130 Å². The number of halogens is 1. The number of rotatable bonds is 5. The molecule has 0 atom stereocenters. The van der Waals surface area contributed by atoms with Crippen molar-refractivity contribution in [3.05, 3.63) is 56.2 Å². The Hall–Kier alpha value is -1.99. The molecule has 1 aromatic carbocycles. The molecule has 0 saturated carbocycles. The summed E-state index contributed by atoms with van der Waals surface area (Å²) in [5, 5.41) is 13.9. The van der Waals surface area contributed by atoms with E-state index in [1.54, 1.807) is 6.92 Å². The quantitative estimate of drug-likeness (QED) is 0.658. The highest BCUT2D eigenvalue weighted by atomic mass is 79.9. The van der Waals surface area contributed by atoms with Gasteiger partial charge in [0, 0.05) is 12.1 Å². The van der Waals surface area contributed by atoms with Gasteiger partial charge in [0.25, 0.3) is 5.69 Å². The Morgan fingerprint density at radius 2 is 2.24 bits per heavy atom. The Balaban J connectivity index is 2.30. The van der Waals surface area contributed by atoms with Gasteiger partial charge < -0.3 is 10.1 Å². The molecular formula is C14H14BrN3O3. The van der Waals surface area contributed by atoms with E-state index < -0.39 is 4.92 Å². The molecule has 0 amide bonds. The van der Waals surface area contributed by atoms with Crippen molar-refractivity contribution in [2.75, 3.05) is 7.05 Å². The van der Waals surface area contributed by atoms with Gasteiger partial charge in [0.15, 0.2) is 0 Å². The van der Waals surface area contributed by atoms with Crippen molar-refractivity contribution in [2.45, 2.75) is 13.5 Å². The van der Waals surface area contributed by atoms with Crippen LogP contribution in [0.4, 0.5) is 5.69 Å². The summed E-state index contributed by atoms with van der Waals surface area (Å²) in [6.45, 7) is 2.37. The molecule has 7 heteroatoms. The number of nitrogens with zero attached hydrogens (tertiary/aromatic N) is 2. The summed E-state index contributed by atoms with van der Waals surface area (Å²) in [6, 6.07) is 7.56. The highest BCUT2D eigenvalue weighted by Crippen LogP contribution is 2.34. The number of nitro groups is 1. The monoisotopic (exact) mass is 351 g/mol. The smallest absolute Gasteiger partial charge is 0.291 e. The zero-order valence-electron chi connectivity index (χ0n) is 11.6. The van der Waals surface area contributed by atoms with E-state index in [-0.39, 0.29) is 5.69 Å². The summed E-state index contributed by atoms with van der Waals surface area (Å²) in [6.07, 6.45) is 1.20. The van der Waals surface area contributed by atoms with Crippen molar-refractivity contribution in [3.63, 3.8) is 0 Å². The molecule has 1 aromatic heterocycles. The molecule has 0 spiro atoms. The predicted octanol–water partition coefficient (Wildman–Crippen LogP) is 3.57. The van der Waals surface area contributed by atoms with Gasteiger partial charge in [-0.1, -0.05) is 12.1 Å². The zero-order chi connectivity index (χ0) is 15.4. The van der Waals surface area contributed by atoms with E-state index in [1.165, 1.54) is 6.20 Å². The van der Waals surface area contributed by atoms with Crippen molar-refractivity contribution in [1.29, 1.82) is 0 Å². The number of pyridine rings is 1. The first-order valence-corrected chi connectivity index (χ1v) is 7.03. The standard InChI is InChI=1S/C14H14BrN3O3/c1-9-12(18(19)20)8-17-14(13(9)15)21-11-5-3-4-10(6-11)7-16-2/h3-6,8,16H,7H2,1-2H3. The van der Waals surface area contributed by atoms with Gasteiger partial charge in [-0.05, 0) is 47.6 Å². The third-order valence-electron chi connectivity index (χ3n) is 2.90. The molecular weight excluding hydrogens is 338 g/mol. The molecule has 2 rings (SSSR count). The summed E-state index contributed by atoms with van der Waals surface area (Å²) in [4.78, 5) is 14.4. The molecule has 0 aliphatic rings. The number of benzene rings is 1. The lowest BCUT2D eigenvalue weighted by Crippen LogP contribution is -2.04. The molecule has 0 unspecified atom stereocenters. The number of nitrogens with one attached hydrogen (secondary N) is 1. The first-order chi connectivity index (χ1) is 10.0. The lowest BCUT2D eigenvalue weighted by molar-refractivity contribution is -0.385. The molecule has 0 bridgehead atoms. The third kappa shape index (κ3) is 3.56. The van der Waals surface area contributed by atoms with Crippen LogP contribution in [-0.2, 0) is 6.54 Å². The minimum Gasteiger partial charge on any atom is -0.438 e. The minimum atomic E-state index is -0.468. The summed E-state index contributed by atoms with van der Waals surface area (Å²) in [5.41, 5.74) is 1.51. The Kier molecular flexibility index (Phi) is 4.87. The van der Waals surface area contributed by atoms with Crippen LogP contribution in [0.25, 0.3) is 0 Å². The molecule has 0 fully saturated rings. The average Bonchev–Trinajstić information content (AvgIpc) is 2.44. The Morgan fingerprint density at radius 3 is 2.90 bits per heavy atom. The van der Waals surface area contributed by atoms with Crippen LogP contribution in [0.5, 0.6) is 11.6 Å². The topological polar surface area (TPSA) is 77.3 Å². The summed E-state index contributed by atoms with van der Waals surface area (Å²) < 4.78 is 6.19. The fraction of sp³-hybridized carbons (Fsp3) is 0.214. The van der Waals surface area contributed by atoms with Gasteiger partial charge in [-0.25, -0.2) is 4.98 Å². The van der Waals surface area contributed by atoms with Crippen molar-refractivity contribution in [3.8, 4) is 11.6 Å². The van der Waals surface area contributed by atoms with E-state index in [2.05, 4.69) is 26.2 Å².